The summed E-state index contributed by atoms with van der Waals surface area (Å²) in [5.41, 5.74) is 2.66. The molecule has 1 aromatic carbocycles. The van der Waals surface area contributed by atoms with Crippen LogP contribution in [0.1, 0.15) is 31.4 Å². The SMILES string of the molecule is CCCS(=O)(=O)N1CCN(Cc2ccc(CC)cc2)CC1.O=C(O)C(=O)O. The van der Waals surface area contributed by atoms with Crippen LogP contribution in [0, 0.1) is 0 Å². The molecular formula is C18H28N2O6S. The number of hydrogen-bond donors (Lipinski definition) is 2. The van der Waals surface area contributed by atoms with E-state index in [-0.39, 0.29) is 5.75 Å². The quantitative estimate of drug-likeness (QED) is 0.691. The maximum Gasteiger partial charge on any atom is 0.414 e. The molecular weight excluding hydrogens is 372 g/mol. The molecule has 0 amide bonds. The van der Waals surface area contributed by atoms with Crippen molar-refractivity contribution in [1.82, 2.24) is 9.21 Å². The van der Waals surface area contributed by atoms with Gasteiger partial charge in [0.25, 0.3) is 0 Å². The van der Waals surface area contributed by atoms with Gasteiger partial charge in [0.05, 0.1) is 5.75 Å². The Balaban J connectivity index is 0.000000527. The number of carbonyl (C=O) groups is 2. The molecule has 2 N–H and O–H groups in total. The Kier molecular flexibility index (Phi) is 9.40. The normalized spacial score (nSPS) is 15.6. The smallest absolute Gasteiger partial charge is 0.414 e. The molecule has 8 nitrogen and oxygen atoms in total. The van der Waals surface area contributed by atoms with Crippen LogP contribution in [-0.2, 0) is 32.6 Å². The Morgan fingerprint density at radius 3 is 1.81 bits per heavy atom. The minimum absolute atomic E-state index is 0.269. The van der Waals surface area contributed by atoms with Crippen LogP contribution in [0.4, 0.5) is 0 Å². The fourth-order valence-electron chi connectivity index (χ4n) is 2.69. The van der Waals surface area contributed by atoms with Gasteiger partial charge in [0.2, 0.25) is 10.0 Å². The van der Waals surface area contributed by atoms with Gasteiger partial charge >= 0.3 is 11.9 Å². The van der Waals surface area contributed by atoms with Gasteiger partial charge in [-0.1, -0.05) is 38.1 Å². The van der Waals surface area contributed by atoms with E-state index in [1.807, 2.05) is 6.92 Å². The van der Waals surface area contributed by atoms with Gasteiger partial charge in [-0.25, -0.2) is 18.0 Å². The molecule has 0 bridgehead atoms. The molecule has 1 saturated heterocycles. The van der Waals surface area contributed by atoms with Gasteiger partial charge in [0, 0.05) is 32.7 Å². The summed E-state index contributed by atoms with van der Waals surface area (Å²) in [6.07, 6.45) is 1.75. The van der Waals surface area contributed by atoms with Crippen molar-refractivity contribution in [3.8, 4) is 0 Å². The van der Waals surface area contributed by atoms with E-state index in [2.05, 4.69) is 36.1 Å². The Labute approximate surface area is 160 Å². The molecule has 152 valence electrons. The molecule has 0 spiro atoms. The van der Waals surface area contributed by atoms with Gasteiger partial charge in [0.1, 0.15) is 0 Å². The molecule has 0 aliphatic carbocycles. The second-order valence-electron chi connectivity index (χ2n) is 6.27. The molecule has 0 saturated carbocycles. The fraction of sp³-hybridized carbons (Fsp3) is 0.556. The summed E-state index contributed by atoms with van der Waals surface area (Å²) >= 11 is 0. The maximum atomic E-state index is 12.0. The molecule has 1 aromatic rings. The van der Waals surface area contributed by atoms with Crippen molar-refractivity contribution in [2.24, 2.45) is 0 Å². The number of piperazine rings is 1. The van der Waals surface area contributed by atoms with Crippen LogP contribution in [0.25, 0.3) is 0 Å². The number of aliphatic carboxylic acids is 2. The Hall–Kier alpha value is -1.97. The first kappa shape index (κ1) is 23.1. The van der Waals surface area contributed by atoms with Crippen molar-refractivity contribution in [1.29, 1.82) is 0 Å². The van der Waals surface area contributed by atoms with Crippen LogP contribution < -0.4 is 0 Å². The predicted octanol–water partition coefficient (Wildman–Crippen LogP) is 1.26. The summed E-state index contributed by atoms with van der Waals surface area (Å²) in [6.45, 7) is 7.85. The summed E-state index contributed by atoms with van der Waals surface area (Å²) in [4.78, 5) is 20.5. The number of hydrogen-bond acceptors (Lipinski definition) is 5. The summed E-state index contributed by atoms with van der Waals surface area (Å²) in [6, 6.07) is 8.71. The lowest BCUT2D eigenvalue weighted by molar-refractivity contribution is -0.159. The van der Waals surface area contributed by atoms with Crippen LogP contribution in [0.2, 0.25) is 0 Å². The number of carboxylic acids is 2. The van der Waals surface area contributed by atoms with Crippen molar-refractivity contribution in [3.05, 3.63) is 35.4 Å². The van der Waals surface area contributed by atoms with E-state index in [1.54, 1.807) is 4.31 Å². The number of carboxylic acid groups (broad SMARTS) is 2. The van der Waals surface area contributed by atoms with Crippen LogP contribution in [0.15, 0.2) is 24.3 Å². The van der Waals surface area contributed by atoms with Gasteiger partial charge in [-0.3, -0.25) is 4.90 Å². The molecule has 0 unspecified atom stereocenters. The lowest BCUT2D eigenvalue weighted by Crippen LogP contribution is -2.48. The molecule has 1 fully saturated rings. The monoisotopic (exact) mass is 400 g/mol. The van der Waals surface area contributed by atoms with Crippen molar-refractivity contribution >= 4 is 22.0 Å². The number of sulfonamides is 1. The minimum Gasteiger partial charge on any atom is -0.473 e. The van der Waals surface area contributed by atoms with Crippen molar-refractivity contribution in [2.75, 3.05) is 31.9 Å². The van der Waals surface area contributed by atoms with Gasteiger partial charge < -0.3 is 10.2 Å². The molecule has 0 aromatic heterocycles. The number of benzene rings is 1. The predicted molar refractivity (Wildman–Crippen MR) is 102 cm³/mol. The Morgan fingerprint density at radius 2 is 1.41 bits per heavy atom. The molecule has 1 heterocycles. The highest BCUT2D eigenvalue weighted by Gasteiger charge is 2.25. The highest BCUT2D eigenvalue weighted by atomic mass is 32.2. The third kappa shape index (κ3) is 8.06. The lowest BCUT2D eigenvalue weighted by Gasteiger charge is -2.34. The highest BCUT2D eigenvalue weighted by molar-refractivity contribution is 7.89. The van der Waals surface area contributed by atoms with Gasteiger partial charge in [-0.2, -0.15) is 4.31 Å². The summed E-state index contributed by atoms with van der Waals surface area (Å²) < 4.78 is 25.7. The molecule has 27 heavy (non-hydrogen) atoms. The maximum absolute atomic E-state index is 12.0. The Bertz CT molecular complexity index is 698. The standard InChI is InChI=1S/C16H26N2O2S.C2H2O4/c1-3-13-21(19,20)18-11-9-17(10-12-18)14-16-7-5-15(4-2)6-8-16;3-1(4)2(5)6/h5-8H,3-4,9-14H2,1-2H3;(H,3,4)(H,5,6). The lowest BCUT2D eigenvalue weighted by atomic mass is 10.1. The second kappa shape index (κ2) is 11.0. The average molecular weight is 400 g/mol. The van der Waals surface area contributed by atoms with E-state index in [4.69, 9.17) is 19.8 Å². The van der Waals surface area contributed by atoms with E-state index in [9.17, 15) is 8.42 Å². The molecule has 1 aliphatic rings. The number of nitrogens with zero attached hydrogens (tertiary/aromatic N) is 2. The second-order valence-corrected chi connectivity index (χ2v) is 8.36. The largest absolute Gasteiger partial charge is 0.473 e. The fourth-order valence-corrected chi connectivity index (χ4v) is 4.19. The first-order chi connectivity index (χ1) is 12.7. The van der Waals surface area contributed by atoms with E-state index in [1.165, 1.54) is 11.1 Å². The summed E-state index contributed by atoms with van der Waals surface area (Å²) in [5.74, 6) is -3.38. The topological polar surface area (TPSA) is 115 Å². The summed E-state index contributed by atoms with van der Waals surface area (Å²) in [5, 5.41) is 14.8. The molecule has 0 radical (unpaired) electrons. The van der Waals surface area contributed by atoms with E-state index in [0.29, 0.717) is 19.5 Å². The van der Waals surface area contributed by atoms with Crippen LogP contribution in [0.5, 0.6) is 0 Å². The highest BCUT2D eigenvalue weighted by Crippen LogP contribution is 2.13. The van der Waals surface area contributed by atoms with E-state index >= 15 is 0 Å². The molecule has 2 rings (SSSR count). The zero-order chi connectivity index (χ0) is 20.4. The van der Waals surface area contributed by atoms with Crippen molar-refractivity contribution in [2.45, 2.75) is 33.2 Å². The van der Waals surface area contributed by atoms with Crippen molar-refractivity contribution in [3.63, 3.8) is 0 Å². The van der Waals surface area contributed by atoms with Crippen molar-refractivity contribution < 1.29 is 28.2 Å². The molecule has 0 atom stereocenters. The van der Waals surface area contributed by atoms with Crippen LogP contribution in [0.3, 0.4) is 0 Å². The first-order valence-corrected chi connectivity index (χ1v) is 10.5. The van der Waals surface area contributed by atoms with E-state index < -0.39 is 22.0 Å². The summed E-state index contributed by atoms with van der Waals surface area (Å²) in [7, 11) is -3.03. The minimum atomic E-state index is -3.03. The van der Waals surface area contributed by atoms with Gasteiger partial charge in [-0.05, 0) is 24.0 Å². The third-order valence-electron chi connectivity index (χ3n) is 4.21. The third-order valence-corrected chi connectivity index (χ3v) is 6.28. The van der Waals surface area contributed by atoms with Crippen LogP contribution >= 0.6 is 0 Å². The van der Waals surface area contributed by atoms with Crippen LogP contribution in [-0.4, -0.2) is 71.7 Å². The zero-order valence-corrected chi connectivity index (χ0v) is 16.6. The average Bonchev–Trinajstić information content (AvgIpc) is 2.63. The Morgan fingerprint density at radius 1 is 0.926 bits per heavy atom. The van der Waals surface area contributed by atoms with Gasteiger partial charge in [0.15, 0.2) is 0 Å². The van der Waals surface area contributed by atoms with Gasteiger partial charge in [-0.15, -0.1) is 0 Å². The first-order valence-electron chi connectivity index (χ1n) is 8.93. The molecule has 1 aliphatic heterocycles. The zero-order valence-electron chi connectivity index (χ0n) is 15.8. The van der Waals surface area contributed by atoms with E-state index in [0.717, 1.165) is 26.1 Å². The number of rotatable bonds is 6. The number of aryl methyl sites for hydroxylation is 1. The molecule has 9 heteroatoms.